The average molecular weight is 751 g/mol. The SMILES string of the molecule is CC[C@H](C)[C@H](NC(=O)CNC(=O)OC(C)(C)C)C(=O)N[C@@H](CCCNC(=O)CN1c2ccccc2C(C)(C)C12C=Cc1cc([N+](=O)[O-])ccc1O2)C(=O)O. The number of anilines is 1. The second-order valence-electron chi connectivity index (χ2n) is 15.0. The summed E-state index contributed by atoms with van der Waals surface area (Å²) < 4.78 is 11.8. The fraction of sp³-hybridized carbons (Fsp3) is 0.500. The summed E-state index contributed by atoms with van der Waals surface area (Å²) in [6.07, 6.45) is 3.48. The molecule has 4 atom stereocenters. The van der Waals surface area contributed by atoms with Crippen molar-refractivity contribution in [3.63, 3.8) is 0 Å². The Morgan fingerprint density at radius 3 is 2.39 bits per heavy atom. The van der Waals surface area contributed by atoms with E-state index in [2.05, 4.69) is 21.3 Å². The molecule has 1 spiro atoms. The highest BCUT2D eigenvalue weighted by Gasteiger charge is 2.59. The van der Waals surface area contributed by atoms with Gasteiger partial charge in [-0.05, 0) is 83.2 Å². The van der Waals surface area contributed by atoms with E-state index < -0.39 is 64.2 Å². The molecule has 0 radical (unpaired) electrons. The molecule has 2 heterocycles. The number of benzene rings is 2. The Hall–Kier alpha value is -5.67. The van der Waals surface area contributed by atoms with Gasteiger partial charge < -0.3 is 40.7 Å². The van der Waals surface area contributed by atoms with Crippen molar-refractivity contribution >= 4 is 47.2 Å². The highest BCUT2D eigenvalue weighted by molar-refractivity contribution is 5.92. The van der Waals surface area contributed by atoms with Crippen LogP contribution in [0.1, 0.15) is 78.9 Å². The molecular weight excluding hydrogens is 700 g/mol. The van der Waals surface area contributed by atoms with Gasteiger partial charge in [-0.15, -0.1) is 0 Å². The number of fused-ring (bicyclic) bond motifs is 2. The predicted octanol–water partition coefficient (Wildman–Crippen LogP) is 4.02. The monoisotopic (exact) mass is 750 g/mol. The molecule has 2 aromatic carbocycles. The Morgan fingerprint density at radius 1 is 1.04 bits per heavy atom. The van der Waals surface area contributed by atoms with E-state index in [0.29, 0.717) is 17.7 Å². The van der Waals surface area contributed by atoms with Gasteiger partial charge in [0.15, 0.2) is 0 Å². The standard InChI is InChI=1S/C38H50N6O10/c1-8-23(2)32(42-30(45)21-40-35(50)54-36(3,4)5)33(47)41-27(34(48)49)13-11-19-39-31(46)22-43-28-14-10-9-12-26(28)37(6,7)38(43)18-17-24-20-25(44(51)52)15-16-29(24)53-38/h9-10,12,14-18,20,23,27,32H,8,11,13,19,21-22H2,1-7H3,(H,39,46)(H,40,50)(H,41,47)(H,42,45)(H,48,49)/t23-,27-,32-,38?/m0/s1. The first-order valence-electron chi connectivity index (χ1n) is 17.9. The first kappa shape index (κ1) is 41.1. The lowest BCUT2D eigenvalue weighted by molar-refractivity contribution is -0.384. The first-order valence-corrected chi connectivity index (χ1v) is 17.9. The minimum absolute atomic E-state index is 0.0129. The van der Waals surface area contributed by atoms with Crippen LogP contribution in [0.25, 0.3) is 6.08 Å². The third-order valence-electron chi connectivity index (χ3n) is 9.64. The summed E-state index contributed by atoms with van der Waals surface area (Å²) in [7, 11) is 0. The number of para-hydroxylation sites is 1. The van der Waals surface area contributed by atoms with Crippen LogP contribution < -0.4 is 30.9 Å². The Balaban J connectivity index is 1.37. The Morgan fingerprint density at radius 2 is 1.74 bits per heavy atom. The lowest BCUT2D eigenvalue weighted by Gasteiger charge is -2.46. The zero-order valence-corrected chi connectivity index (χ0v) is 31.7. The van der Waals surface area contributed by atoms with Crippen LogP contribution in [-0.2, 0) is 29.3 Å². The quantitative estimate of drug-likeness (QED) is 0.0995. The minimum Gasteiger partial charge on any atom is -0.480 e. The van der Waals surface area contributed by atoms with Crippen molar-refractivity contribution < 1.29 is 43.5 Å². The van der Waals surface area contributed by atoms with E-state index in [1.165, 1.54) is 12.1 Å². The van der Waals surface area contributed by atoms with Crippen molar-refractivity contribution in [1.82, 2.24) is 21.3 Å². The summed E-state index contributed by atoms with van der Waals surface area (Å²) >= 11 is 0. The van der Waals surface area contributed by atoms with Gasteiger partial charge in [0.05, 0.1) is 10.3 Å². The zero-order valence-electron chi connectivity index (χ0n) is 31.7. The largest absolute Gasteiger partial charge is 0.480 e. The maximum absolute atomic E-state index is 13.5. The molecular formula is C38H50N6O10. The predicted molar refractivity (Wildman–Crippen MR) is 200 cm³/mol. The van der Waals surface area contributed by atoms with E-state index in [0.717, 1.165) is 11.3 Å². The molecule has 0 aromatic heterocycles. The smallest absolute Gasteiger partial charge is 0.408 e. The van der Waals surface area contributed by atoms with Gasteiger partial charge in [-0.1, -0.05) is 38.5 Å². The van der Waals surface area contributed by atoms with Crippen LogP contribution in [0.3, 0.4) is 0 Å². The number of nitrogens with one attached hydrogen (secondary N) is 4. The Bertz CT molecular complexity index is 1800. The van der Waals surface area contributed by atoms with E-state index in [4.69, 9.17) is 9.47 Å². The van der Waals surface area contributed by atoms with Crippen molar-refractivity contribution in [2.45, 2.75) is 96.6 Å². The van der Waals surface area contributed by atoms with Gasteiger partial charge in [-0.2, -0.15) is 0 Å². The maximum atomic E-state index is 13.5. The lowest BCUT2D eigenvalue weighted by atomic mass is 9.76. The second kappa shape index (κ2) is 16.6. The highest BCUT2D eigenvalue weighted by atomic mass is 16.6. The molecule has 2 aliphatic heterocycles. The summed E-state index contributed by atoms with van der Waals surface area (Å²) in [5.41, 5.74) is -0.376. The average Bonchev–Trinajstić information content (AvgIpc) is 3.27. The number of nitro groups is 1. The third kappa shape index (κ3) is 9.27. The minimum atomic E-state index is -1.30. The van der Waals surface area contributed by atoms with E-state index >= 15 is 0 Å². The van der Waals surface area contributed by atoms with Crippen LogP contribution >= 0.6 is 0 Å². The third-order valence-corrected chi connectivity index (χ3v) is 9.64. The van der Waals surface area contributed by atoms with Crippen LogP contribution in [0.2, 0.25) is 0 Å². The van der Waals surface area contributed by atoms with Crippen LogP contribution in [0, 0.1) is 16.0 Å². The molecule has 0 saturated heterocycles. The van der Waals surface area contributed by atoms with Crippen molar-refractivity contribution in [2.75, 3.05) is 24.5 Å². The molecule has 0 bridgehead atoms. The Kier molecular flexibility index (Phi) is 12.6. The summed E-state index contributed by atoms with van der Waals surface area (Å²) in [6.45, 7) is 12.1. The van der Waals surface area contributed by atoms with Crippen LogP contribution in [0.15, 0.2) is 48.5 Å². The van der Waals surface area contributed by atoms with Gasteiger partial charge in [0.1, 0.15) is 36.5 Å². The number of rotatable bonds is 15. The molecule has 4 rings (SSSR count). The molecule has 5 N–H and O–H groups in total. The number of carboxylic acid groups (broad SMARTS) is 1. The second-order valence-corrected chi connectivity index (χ2v) is 15.0. The summed E-state index contributed by atoms with van der Waals surface area (Å²) in [4.78, 5) is 76.2. The first-order chi connectivity index (χ1) is 25.3. The number of nitrogens with zero attached hydrogens (tertiary/aromatic N) is 2. The van der Waals surface area contributed by atoms with Gasteiger partial charge in [0, 0.05) is 29.9 Å². The molecule has 0 aliphatic carbocycles. The summed E-state index contributed by atoms with van der Waals surface area (Å²) in [5.74, 6) is -2.90. The lowest BCUT2D eigenvalue weighted by Crippen LogP contribution is -2.61. The highest BCUT2D eigenvalue weighted by Crippen LogP contribution is 2.54. The fourth-order valence-corrected chi connectivity index (χ4v) is 6.55. The fourth-order valence-electron chi connectivity index (χ4n) is 6.55. The number of nitro benzene ring substituents is 1. The molecule has 0 saturated carbocycles. The van der Waals surface area contributed by atoms with Gasteiger partial charge in [0.25, 0.3) is 5.69 Å². The van der Waals surface area contributed by atoms with Crippen molar-refractivity contribution in [1.29, 1.82) is 0 Å². The van der Waals surface area contributed by atoms with Crippen LogP contribution in [-0.4, -0.2) is 82.9 Å². The van der Waals surface area contributed by atoms with Crippen molar-refractivity contribution in [2.24, 2.45) is 5.92 Å². The van der Waals surface area contributed by atoms with E-state index in [1.54, 1.807) is 39.8 Å². The van der Waals surface area contributed by atoms with Crippen molar-refractivity contribution in [3.8, 4) is 5.75 Å². The van der Waals surface area contributed by atoms with E-state index in [9.17, 15) is 39.2 Å². The summed E-state index contributed by atoms with van der Waals surface area (Å²) in [6, 6.07) is 9.62. The number of hydrogen-bond acceptors (Lipinski definition) is 10. The molecule has 2 aromatic rings. The van der Waals surface area contributed by atoms with Gasteiger partial charge >= 0.3 is 12.1 Å². The molecule has 54 heavy (non-hydrogen) atoms. The van der Waals surface area contributed by atoms with Gasteiger partial charge in [-0.25, -0.2) is 9.59 Å². The number of hydrogen-bond donors (Lipinski definition) is 5. The number of carbonyl (C=O) groups is 5. The normalized spacial score (nSPS) is 18.2. The van der Waals surface area contributed by atoms with Crippen molar-refractivity contribution in [3.05, 3.63) is 69.8 Å². The maximum Gasteiger partial charge on any atom is 0.408 e. The molecule has 0 fully saturated rings. The summed E-state index contributed by atoms with van der Waals surface area (Å²) in [5, 5.41) is 31.5. The molecule has 2 aliphatic rings. The number of ether oxygens (including phenoxy) is 2. The number of amides is 4. The van der Waals surface area contributed by atoms with Gasteiger partial charge in [-0.3, -0.25) is 24.5 Å². The topological polar surface area (TPSA) is 219 Å². The number of alkyl carbamates (subject to hydrolysis) is 1. The molecule has 16 nitrogen and oxygen atoms in total. The van der Waals surface area contributed by atoms with E-state index in [-0.39, 0.29) is 43.4 Å². The molecule has 4 amide bonds. The van der Waals surface area contributed by atoms with Crippen LogP contribution in [0.4, 0.5) is 16.2 Å². The molecule has 1 unspecified atom stereocenters. The van der Waals surface area contributed by atoms with E-state index in [1.807, 2.05) is 56.0 Å². The molecule has 16 heteroatoms. The number of aliphatic carboxylic acids is 1. The number of carbonyl (C=O) groups excluding carboxylic acids is 4. The van der Waals surface area contributed by atoms with Crippen LogP contribution in [0.5, 0.6) is 5.75 Å². The Labute approximate surface area is 314 Å². The number of carboxylic acids is 1. The number of non-ortho nitro benzene ring substituents is 1. The molecule has 292 valence electrons. The zero-order chi connectivity index (χ0) is 40.0. The van der Waals surface area contributed by atoms with Gasteiger partial charge in [0.2, 0.25) is 23.4 Å².